The van der Waals surface area contributed by atoms with Crippen LogP contribution in [0.3, 0.4) is 0 Å². The van der Waals surface area contributed by atoms with E-state index in [1.54, 1.807) is 6.07 Å². The first-order valence-corrected chi connectivity index (χ1v) is 7.92. The summed E-state index contributed by atoms with van der Waals surface area (Å²) in [6, 6.07) is 6.09. The molecule has 1 atom stereocenters. The number of rotatable bonds is 2. The first-order valence-electron chi connectivity index (χ1n) is 7.13. The molecule has 0 aromatic heterocycles. The first kappa shape index (κ1) is 13.5. The number of fused-ring (bicyclic) bond motifs is 1. The van der Waals surface area contributed by atoms with Gasteiger partial charge in [0.2, 0.25) is 0 Å². The van der Waals surface area contributed by atoms with Crippen LogP contribution in [0.4, 0.5) is 4.39 Å². The maximum atomic E-state index is 13.9. The second-order valence-electron chi connectivity index (χ2n) is 5.66. The monoisotopic (exact) mass is 326 g/mol. The summed E-state index contributed by atoms with van der Waals surface area (Å²) in [5.41, 5.74) is 0.814. The van der Waals surface area contributed by atoms with E-state index in [0.717, 1.165) is 29.7 Å². The Hall–Kier alpha value is -0.450. The molecule has 0 saturated carbocycles. The van der Waals surface area contributed by atoms with Gasteiger partial charge in [-0.15, -0.1) is 0 Å². The van der Waals surface area contributed by atoms with Crippen molar-refractivity contribution >= 4 is 15.9 Å². The fourth-order valence-corrected chi connectivity index (χ4v) is 3.65. The molecule has 2 aliphatic heterocycles. The lowest BCUT2D eigenvalue weighted by Crippen LogP contribution is -2.36. The Labute approximate surface area is 122 Å². The molecule has 0 aliphatic carbocycles. The van der Waals surface area contributed by atoms with E-state index in [-0.39, 0.29) is 5.82 Å². The van der Waals surface area contributed by atoms with Crippen molar-refractivity contribution in [1.29, 1.82) is 0 Å². The zero-order valence-electron chi connectivity index (χ0n) is 11.1. The van der Waals surface area contributed by atoms with E-state index in [1.165, 1.54) is 32.4 Å². The molecule has 0 radical (unpaired) electrons. The summed E-state index contributed by atoms with van der Waals surface area (Å²) in [5.74, 6) is -0.0955. The van der Waals surface area contributed by atoms with Gasteiger partial charge in [-0.25, -0.2) is 4.39 Å². The first-order chi connectivity index (χ1) is 9.22. The smallest absolute Gasteiger partial charge is 0.128 e. The topological polar surface area (TPSA) is 6.48 Å². The Morgan fingerprint density at radius 2 is 2.05 bits per heavy atom. The van der Waals surface area contributed by atoms with Crippen molar-refractivity contribution in [2.24, 2.45) is 0 Å². The van der Waals surface area contributed by atoms with Crippen molar-refractivity contribution in [2.45, 2.75) is 31.8 Å². The molecule has 0 spiro atoms. The minimum absolute atomic E-state index is 0.0955. The second kappa shape index (κ2) is 5.90. The summed E-state index contributed by atoms with van der Waals surface area (Å²) < 4.78 is 14.7. The van der Waals surface area contributed by atoms with Gasteiger partial charge in [-0.1, -0.05) is 22.0 Å². The van der Waals surface area contributed by atoms with Crippen molar-refractivity contribution in [1.82, 2.24) is 9.80 Å². The van der Waals surface area contributed by atoms with E-state index >= 15 is 0 Å². The van der Waals surface area contributed by atoms with Gasteiger partial charge in [-0.3, -0.25) is 9.80 Å². The van der Waals surface area contributed by atoms with Gasteiger partial charge in [0.25, 0.3) is 0 Å². The largest absolute Gasteiger partial charge is 0.299 e. The fraction of sp³-hybridized carbons (Fsp3) is 0.600. The van der Waals surface area contributed by atoms with Gasteiger partial charge in [0, 0.05) is 29.2 Å². The molecule has 0 unspecified atom stereocenters. The number of benzene rings is 1. The number of nitrogens with zero attached hydrogens (tertiary/aromatic N) is 2. The molecule has 1 aromatic rings. The third kappa shape index (κ3) is 3.18. The molecule has 2 nitrogen and oxygen atoms in total. The third-order valence-corrected chi connectivity index (χ3v) is 4.79. The van der Waals surface area contributed by atoms with Gasteiger partial charge in [0.05, 0.1) is 0 Å². The van der Waals surface area contributed by atoms with Crippen LogP contribution in [0, 0.1) is 5.82 Å². The summed E-state index contributed by atoms with van der Waals surface area (Å²) in [6.07, 6.45) is 3.83. The van der Waals surface area contributed by atoms with Crippen molar-refractivity contribution in [3.05, 3.63) is 34.1 Å². The predicted molar refractivity (Wildman–Crippen MR) is 78.6 cm³/mol. The molecule has 2 fully saturated rings. The molecular weight excluding hydrogens is 307 g/mol. The lowest BCUT2D eigenvalue weighted by Gasteiger charge is -2.25. The van der Waals surface area contributed by atoms with Gasteiger partial charge in [0.1, 0.15) is 5.82 Å². The van der Waals surface area contributed by atoms with Crippen LogP contribution in [-0.4, -0.2) is 42.0 Å². The van der Waals surface area contributed by atoms with E-state index in [9.17, 15) is 4.39 Å². The number of hydrogen-bond acceptors (Lipinski definition) is 2. The molecule has 104 valence electrons. The predicted octanol–water partition coefficient (Wildman–Crippen LogP) is 3.26. The normalized spacial score (nSPS) is 25.3. The zero-order valence-corrected chi connectivity index (χ0v) is 12.7. The van der Waals surface area contributed by atoms with Crippen LogP contribution >= 0.6 is 15.9 Å². The summed E-state index contributed by atoms with van der Waals surface area (Å²) in [7, 11) is 0. The minimum atomic E-state index is -0.0955. The average molecular weight is 327 g/mol. The van der Waals surface area contributed by atoms with Gasteiger partial charge in [-0.05, 0) is 51.0 Å². The highest BCUT2D eigenvalue weighted by Crippen LogP contribution is 2.23. The van der Waals surface area contributed by atoms with Crippen LogP contribution in [-0.2, 0) is 6.54 Å². The van der Waals surface area contributed by atoms with Crippen LogP contribution in [0.25, 0.3) is 0 Å². The van der Waals surface area contributed by atoms with Crippen LogP contribution in [0.5, 0.6) is 0 Å². The fourth-order valence-electron chi connectivity index (χ4n) is 3.32. The molecule has 3 rings (SSSR count). The van der Waals surface area contributed by atoms with E-state index in [0.29, 0.717) is 6.04 Å². The van der Waals surface area contributed by atoms with Crippen LogP contribution in [0.15, 0.2) is 22.7 Å². The molecule has 19 heavy (non-hydrogen) atoms. The van der Waals surface area contributed by atoms with Gasteiger partial charge < -0.3 is 0 Å². The zero-order chi connectivity index (χ0) is 13.2. The Kier molecular flexibility index (Phi) is 4.20. The molecule has 0 bridgehead atoms. The van der Waals surface area contributed by atoms with E-state index in [1.807, 2.05) is 12.1 Å². The van der Waals surface area contributed by atoms with E-state index < -0.39 is 0 Å². The standard InChI is InChI=1S/C15H20BrFN2/c16-13-5-4-12(15(17)9-13)10-18-6-2-8-19-7-1-3-14(19)11-18/h4-5,9,14H,1-3,6-8,10-11H2/t14-/m1/s1. The van der Waals surface area contributed by atoms with Crippen LogP contribution in [0.1, 0.15) is 24.8 Å². The molecule has 0 N–H and O–H groups in total. The summed E-state index contributed by atoms with van der Waals surface area (Å²) >= 11 is 3.31. The Balaban J connectivity index is 1.68. The lowest BCUT2D eigenvalue weighted by molar-refractivity contribution is 0.214. The highest BCUT2D eigenvalue weighted by Gasteiger charge is 2.28. The molecular formula is C15H20BrFN2. The molecule has 2 aliphatic rings. The lowest BCUT2D eigenvalue weighted by atomic mass is 10.1. The molecule has 0 amide bonds. The summed E-state index contributed by atoms with van der Waals surface area (Å²) in [6.45, 7) is 5.39. The van der Waals surface area contributed by atoms with E-state index in [2.05, 4.69) is 25.7 Å². The van der Waals surface area contributed by atoms with Gasteiger partial charge >= 0.3 is 0 Å². The van der Waals surface area contributed by atoms with E-state index in [4.69, 9.17) is 0 Å². The second-order valence-corrected chi connectivity index (χ2v) is 6.57. The number of halogens is 2. The van der Waals surface area contributed by atoms with Crippen LogP contribution in [0.2, 0.25) is 0 Å². The van der Waals surface area contributed by atoms with Crippen molar-refractivity contribution < 1.29 is 4.39 Å². The van der Waals surface area contributed by atoms with Gasteiger partial charge in [0.15, 0.2) is 0 Å². The SMILES string of the molecule is Fc1cc(Br)ccc1CN1CCCN2CCC[C@@H]2C1. The highest BCUT2D eigenvalue weighted by molar-refractivity contribution is 9.10. The Bertz CT molecular complexity index is 452. The molecule has 2 heterocycles. The quantitative estimate of drug-likeness (QED) is 0.823. The van der Waals surface area contributed by atoms with Crippen molar-refractivity contribution in [2.75, 3.05) is 26.2 Å². The minimum Gasteiger partial charge on any atom is -0.299 e. The van der Waals surface area contributed by atoms with Crippen molar-refractivity contribution in [3.63, 3.8) is 0 Å². The maximum Gasteiger partial charge on any atom is 0.128 e. The van der Waals surface area contributed by atoms with Crippen LogP contribution < -0.4 is 0 Å². The Morgan fingerprint density at radius 3 is 2.89 bits per heavy atom. The molecule has 2 saturated heterocycles. The summed E-state index contributed by atoms with van der Waals surface area (Å²) in [4.78, 5) is 5.03. The summed E-state index contributed by atoms with van der Waals surface area (Å²) in [5, 5.41) is 0. The number of hydrogen-bond donors (Lipinski definition) is 0. The van der Waals surface area contributed by atoms with Crippen molar-refractivity contribution in [3.8, 4) is 0 Å². The Morgan fingerprint density at radius 1 is 1.21 bits per heavy atom. The third-order valence-electron chi connectivity index (χ3n) is 4.30. The van der Waals surface area contributed by atoms with Gasteiger partial charge in [-0.2, -0.15) is 0 Å². The average Bonchev–Trinajstić information content (AvgIpc) is 2.72. The molecule has 1 aromatic carbocycles. The maximum absolute atomic E-state index is 13.9. The molecule has 4 heteroatoms. The highest BCUT2D eigenvalue weighted by atomic mass is 79.9.